The minimum absolute atomic E-state index is 0.0202. The summed E-state index contributed by atoms with van der Waals surface area (Å²) in [4.78, 5) is 25.8. The number of allylic oxidation sites excluding steroid dienone is 1. The molecule has 4 aliphatic carbocycles. The quantitative estimate of drug-likeness (QED) is 0.429. The van der Waals surface area contributed by atoms with Crippen molar-refractivity contribution in [3.63, 3.8) is 0 Å². The zero-order valence-corrected chi connectivity index (χ0v) is 20.6. The van der Waals surface area contributed by atoms with Crippen LogP contribution in [0.4, 0.5) is 0 Å². The molecule has 4 aliphatic rings. The lowest BCUT2D eigenvalue weighted by Gasteiger charge is -2.62. The van der Waals surface area contributed by atoms with Crippen LogP contribution in [-0.2, 0) is 14.3 Å². The second-order valence-corrected chi connectivity index (χ2v) is 12.1. The molecule has 4 saturated carbocycles. The molecule has 0 saturated heterocycles. The number of carbonyl (C=O) groups is 2. The number of methoxy groups -OCH3 is 1. The second-order valence-electron chi connectivity index (χ2n) is 12.1. The first-order valence-corrected chi connectivity index (χ1v) is 13.1. The van der Waals surface area contributed by atoms with Crippen LogP contribution < -0.4 is 0 Å². The zero-order valence-electron chi connectivity index (χ0n) is 20.6. The fraction of sp³-hybridized carbons (Fsp3) is 0.857. The highest BCUT2D eigenvalue weighted by Crippen LogP contribution is 2.68. The summed E-state index contributed by atoms with van der Waals surface area (Å²) in [6.07, 6.45) is 11.1. The van der Waals surface area contributed by atoms with Gasteiger partial charge in [0.15, 0.2) is 0 Å². The van der Waals surface area contributed by atoms with Gasteiger partial charge in [-0.3, -0.25) is 9.59 Å². The van der Waals surface area contributed by atoms with Crippen LogP contribution in [0.2, 0.25) is 0 Å². The third kappa shape index (κ3) is 3.69. The van der Waals surface area contributed by atoms with Crippen LogP contribution in [0.25, 0.3) is 0 Å². The van der Waals surface area contributed by atoms with Gasteiger partial charge in [-0.2, -0.15) is 0 Å². The average molecular weight is 445 g/mol. The molecule has 4 heteroatoms. The molecule has 0 aromatic carbocycles. The normalized spacial score (nSPS) is 46.5. The minimum atomic E-state index is -0.259. The Hall–Kier alpha value is -1.16. The Morgan fingerprint density at radius 2 is 1.84 bits per heavy atom. The Bertz CT molecular complexity index is 746. The van der Waals surface area contributed by atoms with Gasteiger partial charge in [0.05, 0.1) is 13.2 Å². The molecule has 0 radical (unpaired) electrons. The highest BCUT2D eigenvalue weighted by atomic mass is 16.5. The predicted molar refractivity (Wildman–Crippen MR) is 126 cm³/mol. The Balaban J connectivity index is 1.61. The zero-order chi connectivity index (χ0) is 23.3. The summed E-state index contributed by atoms with van der Waals surface area (Å²) in [5.74, 6) is 2.78. The van der Waals surface area contributed by atoms with Gasteiger partial charge in [-0.1, -0.05) is 26.8 Å². The first-order chi connectivity index (χ1) is 15.2. The highest BCUT2D eigenvalue weighted by molar-refractivity contribution is 5.86. The van der Waals surface area contributed by atoms with Gasteiger partial charge < -0.3 is 9.84 Å². The predicted octanol–water partition coefficient (Wildman–Crippen LogP) is 5.58. The van der Waals surface area contributed by atoms with Crippen molar-refractivity contribution in [3.8, 4) is 0 Å². The van der Waals surface area contributed by atoms with Crippen molar-refractivity contribution in [2.45, 2.75) is 91.1 Å². The fourth-order valence-electron chi connectivity index (χ4n) is 9.23. The van der Waals surface area contributed by atoms with Crippen LogP contribution in [0.15, 0.2) is 12.7 Å². The van der Waals surface area contributed by atoms with E-state index in [1.54, 1.807) is 0 Å². The van der Waals surface area contributed by atoms with Gasteiger partial charge in [0.25, 0.3) is 0 Å². The van der Waals surface area contributed by atoms with E-state index >= 15 is 0 Å². The monoisotopic (exact) mass is 444 g/mol. The SMILES string of the molecule is C=CC[C@H]1C(=O)[C@@H]2[C@H](CC[C@]3(C)[C@@H]([C@H](C)CCC(=O)OC)CC[C@@H]23)[C@@]2(C)CC[C@@H](O)C[C@@H]12. The lowest BCUT2D eigenvalue weighted by Crippen LogP contribution is -2.60. The molecule has 0 bridgehead atoms. The van der Waals surface area contributed by atoms with E-state index in [-0.39, 0.29) is 34.7 Å². The van der Waals surface area contributed by atoms with Gasteiger partial charge in [-0.25, -0.2) is 0 Å². The smallest absolute Gasteiger partial charge is 0.305 e. The van der Waals surface area contributed by atoms with E-state index in [1.165, 1.54) is 20.0 Å². The number of esters is 1. The number of hydrogen-bond donors (Lipinski definition) is 1. The van der Waals surface area contributed by atoms with Crippen LogP contribution in [0, 0.1) is 52.3 Å². The summed E-state index contributed by atoms with van der Waals surface area (Å²) in [7, 11) is 1.47. The molecule has 4 fully saturated rings. The number of ether oxygens (including phenoxy) is 1. The van der Waals surface area contributed by atoms with Gasteiger partial charge in [-0.15, -0.1) is 6.58 Å². The largest absolute Gasteiger partial charge is 0.469 e. The molecule has 4 rings (SSSR count). The molecule has 0 aromatic heterocycles. The van der Waals surface area contributed by atoms with Gasteiger partial charge in [0.1, 0.15) is 5.78 Å². The van der Waals surface area contributed by atoms with Crippen molar-refractivity contribution in [3.05, 3.63) is 12.7 Å². The fourth-order valence-corrected chi connectivity index (χ4v) is 9.23. The van der Waals surface area contributed by atoms with E-state index in [2.05, 4.69) is 27.4 Å². The number of fused-ring (bicyclic) bond motifs is 5. The molecular formula is C28H44O4. The number of ketones is 1. The molecule has 1 N–H and O–H groups in total. The van der Waals surface area contributed by atoms with E-state index in [0.29, 0.717) is 41.8 Å². The van der Waals surface area contributed by atoms with Crippen molar-refractivity contribution < 1.29 is 19.4 Å². The maximum atomic E-state index is 14.1. The van der Waals surface area contributed by atoms with Crippen molar-refractivity contribution in [2.75, 3.05) is 7.11 Å². The average Bonchev–Trinajstić information content (AvgIpc) is 3.12. The van der Waals surface area contributed by atoms with Gasteiger partial charge in [0.2, 0.25) is 0 Å². The molecular weight excluding hydrogens is 400 g/mol. The van der Waals surface area contributed by atoms with Crippen LogP contribution >= 0.6 is 0 Å². The lowest BCUT2D eigenvalue weighted by atomic mass is 9.42. The van der Waals surface area contributed by atoms with Crippen molar-refractivity contribution >= 4 is 11.8 Å². The van der Waals surface area contributed by atoms with E-state index in [0.717, 1.165) is 44.9 Å². The Morgan fingerprint density at radius 1 is 1.16 bits per heavy atom. The Morgan fingerprint density at radius 3 is 2.53 bits per heavy atom. The van der Waals surface area contributed by atoms with Gasteiger partial charge in [0, 0.05) is 18.3 Å². The number of aliphatic hydroxyl groups excluding tert-OH is 1. The number of carbonyl (C=O) groups excluding carboxylic acids is 2. The van der Waals surface area contributed by atoms with Crippen molar-refractivity contribution in [1.29, 1.82) is 0 Å². The second kappa shape index (κ2) is 8.89. The third-order valence-corrected chi connectivity index (χ3v) is 10.9. The summed E-state index contributed by atoms with van der Waals surface area (Å²) in [5, 5.41) is 10.5. The van der Waals surface area contributed by atoms with Crippen LogP contribution in [0.1, 0.15) is 85.0 Å². The van der Waals surface area contributed by atoms with E-state index in [9.17, 15) is 14.7 Å². The molecule has 0 heterocycles. The molecule has 0 aliphatic heterocycles. The first kappa shape index (κ1) is 24.0. The van der Waals surface area contributed by atoms with E-state index < -0.39 is 0 Å². The maximum Gasteiger partial charge on any atom is 0.305 e. The van der Waals surface area contributed by atoms with E-state index in [1.807, 2.05) is 6.08 Å². The molecule has 10 atom stereocenters. The van der Waals surface area contributed by atoms with Gasteiger partial charge in [-0.05, 0) is 98.2 Å². The maximum absolute atomic E-state index is 14.1. The molecule has 180 valence electrons. The number of aliphatic hydroxyl groups is 1. The van der Waals surface area contributed by atoms with Crippen molar-refractivity contribution in [1.82, 2.24) is 0 Å². The summed E-state index contributed by atoms with van der Waals surface area (Å²) < 4.78 is 4.87. The summed E-state index contributed by atoms with van der Waals surface area (Å²) in [5.41, 5.74) is 0.337. The summed E-state index contributed by atoms with van der Waals surface area (Å²) in [6.45, 7) is 11.2. The van der Waals surface area contributed by atoms with Crippen LogP contribution in [0.5, 0.6) is 0 Å². The summed E-state index contributed by atoms with van der Waals surface area (Å²) >= 11 is 0. The first-order valence-electron chi connectivity index (χ1n) is 13.1. The third-order valence-electron chi connectivity index (χ3n) is 10.9. The Labute approximate surface area is 194 Å². The standard InChI is InChI=1S/C28H44O4/c1-6-7-19-23-16-18(29)12-14-28(23,4)22-13-15-27(3)20(17(2)8-11-24(30)32-5)9-10-21(27)25(22)26(19)31/h6,17-23,25,29H,1,7-16H2,2-5H3/t17-,18-,19-,20-,21+,22+,23+,25+,27-,28-/m1/s1. The Kier molecular flexibility index (Phi) is 6.66. The lowest BCUT2D eigenvalue weighted by molar-refractivity contribution is -0.172. The summed E-state index contributed by atoms with van der Waals surface area (Å²) in [6, 6.07) is 0. The number of rotatable bonds is 6. The highest BCUT2D eigenvalue weighted by Gasteiger charge is 2.65. The van der Waals surface area contributed by atoms with Crippen LogP contribution in [0.3, 0.4) is 0 Å². The van der Waals surface area contributed by atoms with Crippen molar-refractivity contribution in [2.24, 2.45) is 52.3 Å². The topological polar surface area (TPSA) is 63.6 Å². The van der Waals surface area contributed by atoms with Gasteiger partial charge >= 0.3 is 5.97 Å². The molecule has 0 spiro atoms. The molecule has 4 nitrogen and oxygen atoms in total. The molecule has 0 amide bonds. The molecule has 0 unspecified atom stereocenters. The van der Waals surface area contributed by atoms with E-state index in [4.69, 9.17) is 4.74 Å². The molecule has 0 aromatic rings. The van der Waals surface area contributed by atoms with Crippen LogP contribution in [-0.4, -0.2) is 30.1 Å². The minimum Gasteiger partial charge on any atom is -0.469 e. The molecule has 32 heavy (non-hydrogen) atoms. The number of Topliss-reactive ketones (excluding diaryl/α,β-unsaturated/α-hetero) is 1. The number of hydrogen-bond acceptors (Lipinski definition) is 4.